The molecule has 0 aliphatic carbocycles. The van der Waals surface area contributed by atoms with Gasteiger partial charge >= 0.3 is 5.97 Å². The summed E-state index contributed by atoms with van der Waals surface area (Å²) in [5, 5.41) is 6.24. The summed E-state index contributed by atoms with van der Waals surface area (Å²) in [4.78, 5) is 24.3. The molecule has 1 heterocycles. The van der Waals surface area contributed by atoms with Crippen molar-refractivity contribution < 1.29 is 23.8 Å². The van der Waals surface area contributed by atoms with E-state index in [2.05, 4.69) is 34.4 Å². The van der Waals surface area contributed by atoms with Crippen LogP contribution in [0.3, 0.4) is 0 Å². The van der Waals surface area contributed by atoms with Crippen molar-refractivity contribution in [1.29, 1.82) is 0 Å². The lowest BCUT2D eigenvalue weighted by molar-refractivity contribution is -0.142. The van der Waals surface area contributed by atoms with Gasteiger partial charge in [0, 0.05) is 5.69 Å². The second-order valence-electron chi connectivity index (χ2n) is 6.68. The molecule has 1 saturated heterocycles. The van der Waals surface area contributed by atoms with Gasteiger partial charge in [-0.3, -0.25) is 4.79 Å². The quantitative estimate of drug-likeness (QED) is 0.451. The number of nitrogens with one attached hydrogen (secondary N) is 2. The summed E-state index contributed by atoms with van der Waals surface area (Å²) in [6.45, 7) is 4.20. The van der Waals surface area contributed by atoms with Crippen molar-refractivity contribution in [2.45, 2.75) is 25.8 Å². The third kappa shape index (κ3) is 6.18. The second-order valence-corrected chi connectivity index (χ2v) is 7.83. The fourth-order valence-electron chi connectivity index (χ4n) is 2.90. The first-order chi connectivity index (χ1) is 15.0. The van der Waals surface area contributed by atoms with Crippen molar-refractivity contribution in [3.05, 3.63) is 58.5 Å². The first kappa shape index (κ1) is 22.6. The summed E-state index contributed by atoms with van der Waals surface area (Å²) in [6, 6.07) is 13.5. The Kier molecular flexibility index (Phi) is 7.83. The molecule has 0 bridgehead atoms. The highest BCUT2D eigenvalue weighted by atomic mass is 32.2. The van der Waals surface area contributed by atoms with E-state index in [1.54, 1.807) is 24.3 Å². The third-order valence-corrected chi connectivity index (χ3v) is 5.56. The van der Waals surface area contributed by atoms with Crippen LogP contribution in [0, 0.1) is 0 Å². The Labute approximate surface area is 186 Å². The number of hydrogen-bond acceptors (Lipinski definition) is 7. The zero-order valence-corrected chi connectivity index (χ0v) is 18.6. The highest BCUT2D eigenvalue weighted by Gasteiger charge is 2.27. The Hall–Kier alpha value is -3.13. The Bertz CT molecular complexity index is 959. The minimum absolute atomic E-state index is 0.142. The maximum atomic E-state index is 12.4. The molecule has 7 nitrogen and oxygen atoms in total. The van der Waals surface area contributed by atoms with Crippen LogP contribution < -0.4 is 20.1 Å². The van der Waals surface area contributed by atoms with Crippen molar-refractivity contribution >= 4 is 35.4 Å². The van der Waals surface area contributed by atoms with Crippen LogP contribution in [0.2, 0.25) is 0 Å². The normalized spacial score (nSPS) is 16.7. The van der Waals surface area contributed by atoms with Crippen molar-refractivity contribution in [2.24, 2.45) is 0 Å². The van der Waals surface area contributed by atoms with Gasteiger partial charge < -0.3 is 24.8 Å². The molecule has 2 N–H and O–H groups in total. The summed E-state index contributed by atoms with van der Waals surface area (Å²) in [5.41, 5.74) is 2.75. The molecule has 31 heavy (non-hydrogen) atoms. The summed E-state index contributed by atoms with van der Waals surface area (Å²) < 4.78 is 15.7. The van der Waals surface area contributed by atoms with E-state index in [0.29, 0.717) is 23.0 Å². The Morgan fingerprint density at radius 2 is 1.90 bits per heavy atom. The number of thioether (sulfide) groups is 1. The van der Waals surface area contributed by atoms with E-state index < -0.39 is 5.97 Å². The van der Waals surface area contributed by atoms with Gasteiger partial charge in [-0.2, -0.15) is 0 Å². The van der Waals surface area contributed by atoms with E-state index in [-0.39, 0.29) is 18.0 Å². The number of ether oxygens (including phenoxy) is 3. The van der Waals surface area contributed by atoms with Gasteiger partial charge in [-0.15, -0.1) is 0 Å². The molecule has 0 aromatic heterocycles. The number of carbonyl (C=O) groups is 2. The first-order valence-electron chi connectivity index (χ1n) is 10.0. The lowest BCUT2D eigenvalue weighted by Crippen LogP contribution is -2.30. The summed E-state index contributed by atoms with van der Waals surface area (Å²) >= 11 is 1.42. The van der Waals surface area contributed by atoms with Crippen LogP contribution in [-0.4, -0.2) is 37.7 Å². The van der Waals surface area contributed by atoms with Crippen LogP contribution in [0.25, 0.3) is 6.08 Å². The van der Waals surface area contributed by atoms with Crippen LogP contribution in [0.1, 0.15) is 25.0 Å². The lowest BCUT2D eigenvalue weighted by atomic mass is 10.1. The van der Waals surface area contributed by atoms with Gasteiger partial charge in [0.15, 0.2) is 23.6 Å². The number of amides is 1. The minimum atomic E-state index is -0.476. The van der Waals surface area contributed by atoms with Crippen LogP contribution in [0.15, 0.2) is 47.4 Å². The molecule has 0 unspecified atom stereocenters. The topological polar surface area (TPSA) is 85.9 Å². The third-order valence-electron chi connectivity index (χ3n) is 4.53. The molecule has 3 rings (SSSR count). The van der Waals surface area contributed by atoms with Crippen LogP contribution in [0.5, 0.6) is 11.5 Å². The molecule has 2 aromatic carbocycles. The predicted octanol–water partition coefficient (Wildman–Crippen LogP) is 3.80. The van der Waals surface area contributed by atoms with E-state index >= 15 is 0 Å². The highest BCUT2D eigenvalue weighted by Crippen LogP contribution is 2.33. The number of carbonyl (C=O) groups excluding carboxylic acids is 2. The van der Waals surface area contributed by atoms with E-state index in [1.165, 1.54) is 24.4 Å². The van der Waals surface area contributed by atoms with Crippen molar-refractivity contribution in [2.75, 3.05) is 25.6 Å². The van der Waals surface area contributed by atoms with E-state index in [0.717, 1.165) is 17.7 Å². The monoisotopic (exact) mass is 442 g/mol. The van der Waals surface area contributed by atoms with Gasteiger partial charge in [0.1, 0.15) is 0 Å². The van der Waals surface area contributed by atoms with Gasteiger partial charge in [-0.05, 0) is 54.8 Å². The van der Waals surface area contributed by atoms with Gasteiger partial charge in [0.25, 0.3) is 5.91 Å². The molecular weight excluding hydrogens is 416 g/mol. The average molecular weight is 443 g/mol. The molecule has 1 amide bonds. The number of methoxy groups -OCH3 is 1. The zero-order valence-electron chi connectivity index (χ0n) is 17.8. The molecule has 0 radical (unpaired) electrons. The number of rotatable bonds is 9. The number of esters is 1. The van der Waals surface area contributed by atoms with Crippen molar-refractivity contribution in [3.8, 4) is 11.5 Å². The van der Waals surface area contributed by atoms with Gasteiger partial charge in [-0.25, -0.2) is 4.79 Å². The smallest absolute Gasteiger partial charge is 0.343 e. The first-order valence-corrected chi connectivity index (χ1v) is 10.9. The standard InChI is InChI=1S/C23H26N2O5S/c1-4-15-6-9-17(10-7-15)24-23-25-22(27)20(31-23)13-16-8-11-18(19(12-16)29-5-2)30-14-21(26)28-3/h6-13,23-24H,4-5,14H2,1-3H3,(H,25,27)/b20-13-/t23-/m0/s1. The SMILES string of the molecule is CCOc1cc(/C=C2\S[C@@H](Nc3ccc(CC)cc3)NC2=O)ccc1OCC(=O)OC. The number of hydrogen-bond donors (Lipinski definition) is 2. The Balaban J connectivity index is 1.70. The molecule has 164 valence electrons. The van der Waals surface area contributed by atoms with Crippen LogP contribution in [-0.2, 0) is 20.7 Å². The van der Waals surface area contributed by atoms with Crippen molar-refractivity contribution in [1.82, 2.24) is 5.32 Å². The van der Waals surface area contributed by atoms with Gasteiger partial charge in [-0.1, -0.05) is 36.9 Å². The molecule has 8 heteroatoms. The van der Waals surface area contributed by atoms with E-state index in [4.69, 9.17) is 9.47 Å². The lowest BCUT2D eigenvalue weighted by Gasteiger charge is -2.13. The molecule has 2 aromatic rings. The van der Waals surface area contributed by atoms with Crippen LogP contribution >= 0.6 is 11.8 Å². The average Bonchev–Trinajstić information content (AvgIpc) is 3.12. The zero-order chi connectivity index (χ0) is 22.2. The molecule has 1 atom stereocenters. The second kappa shape index (κ2) is 10.8. The number of benzene rings is 2. The summed E-state index contributed by atoms with van der Waals surface area (Å²) in [7, 11) is 1.30. The van der Waals surface area contributed by atoms with Gasteiger partial charge in [0.05, 0.1) is 18.6 Å². The molecule has 1 fully saturated rings. The predicted molar refractivity (Wildman–Crippen MR) is 122 cm³/mol. The number of anilines is 1. The fourth-order valence-corrected chi connectivity index (χ4v) is 3.89. The van der Waals surface area contributed by atoms with E-state index in [9.17, 15) is 9.59 Å². The molecular formula is C23H26N2O5S. The van der Waals surface area contributed by atoms with Gasteiger partial charge in [0.2, 0.25) is 0 Å². The maximum absolute atomic E-state index is 12.4. The molecule has 0 spiro atoms. The maximum Gasteiger partial charge on any atom is 0.343 e. The fraction of sp³-hybridized carbons (Fsp3) is 0.304. The largest absolute Gasteiger partial charge is 0.490 e. The number of aryl methyl sites for hydroxylation is 1. The minimum Gasteiger partial charge on any atom is -0.490 e. The van der Waals surface area contributed by atoms with E-state index in [1.807, 2.05) is 19.1 Å². The van der Waals surface area contributed by atoms with Crippen LogP contribution in [0.4, 0.5) is 5.69 Å². The summed E-state index contributed by atoms with van der Waals surface area (Å²) in [5.74, 6) is 0.315. The highest BCUT2D eigenvalue weighted by molar-refractivity contribution is 8.05. The summed E-state index contributed by atoms with van der Waals surface area (Å²) in [6.07, 6.45) is 2.78. The molecule has 1 aliphatic heterocycles. The molecule has 1 aliphatic rings. The Morgan fingerprint density at radius 3 is 2.58 bits per heavy atom. The van der Waals surface area contributed by atoms with Crippen molar-refractivity contribution in [3.63, 3.8) is 0 Å². The Morgan fingerprint density at radius 1 is 1.13 bits per heavy atom. The molecule has 0 saturated carbocycles.